The summed E-state index contributed by atoms with van der Waals surface area (Å²) >= 11 is 0. The summed E-state index contributed by atoms with van der Waals surface area (Å²) in [5.74, 6) is -3.33. The van der Waals surface area contributed by atoms with E-state index in [-0.39, 0.29) is 5.78 Å². The number of carboxylic acid groups (broad SMARTS) is 2. The molecule has 6 heteroatoms. The van der Waals surface area contributed by atoms with E-state index in [4.69, 9.17) is 14.9 Å². The normalized spacial score (nSPS) is 21.4. The molecule has 1 aromatic carbocycles. The Hall–Kier alpha value is -2.37. The van der Waals surface area contributed by atoms with E-state index < -0.39 is 36.8 Å². The van der Waals surface area contributed by atoms with Crippen molar-refractivity contribution in [1.29, 1.82) is 0 Å². The van der Waals surface area contributed by atoms with Gasteiger partial charge in [0, 0.05) is 0 Å². The Morgan fingerprint density at radius 2 is 1.74 bits per heavy atom. The van der Waals surface area contributed by atoms with Crippen molar-refractivity contribution in [2.24, 2.45) is 5.92 Å². The molecule has 1 heterocycles. The highest BCUT2D eigenvalue weighted by atomic mass is 16.5. The van der Waals surface area contributed by atoms with Crippen molar-refractivity contribution in [1.82, 2.24) is 0 Å². The molecule has 0 spiro atoms. The fourth-order valence-electron chi connectivity index (χ4n) is 2.16. The van der Waals surface area contributed by atoms with Crippen LogP contribution in [0.5, 0.6) is 5.75 Å². The fraction of sp³-hybridized carbons (Fsp3) is 0.308. The van der Waals surface area contributed by atoms with Crippen molar-refractivity contribution in [3.8, 4) is 5.75 Å². The summed E-state index contributed by atoms with van der Waals surface area (Å²) in [7, 11) is 0. The summed E-state index contributed by atoms with van der Waals surface area (Å²) in [6, 6.07) is 6.43. The van der Waals surface area contributed by atoms with Crippen LogP contribution in [-0.2, 0) is 9.59 Å². The van der Waals surface area contributed by atoms with Crippen LogP contribution in [0.15, 0.2) is 24.3 Å². The van der Waals surface area contributed by atoms with Gasteiger partial charge in [-0.05, 0) is 12.1 Å². The van der Waals surface area contributed by atoms with E-state index in [0.29, 0.717) is 11.3 Å². The molecular weight excluding hydrogens is 252 g/mol. The molecule has 0 aromatic heterocycles. The number of aliphatic carboxylic acids is 2. The second-order valence-corrected chi connectivity index (χ2v) is 4.32. The lowest BCUT2D eigenvalue weighted by Crippen LogP contribution is -2.40. The molecule has 0 aliphatic carbocycles. The molecule has 0 saturated carbocycles. The van der Waals surface area contributed by atoms with Crippen molar-refractivity contribution < 1.29 is 29.3 Å². The van der Waals surface area contributed by atoms with Crippen molar-refractivity contribution in [2.75, 3.05) is 0 Å². The topological polar surface area (TPSA) is 101 Å². The van der Waals surface area contributed by atoms with E-state index in [2.05, 4.69) is 0 Å². The Labute approximate surface area is 108 Å². The standard InChI is InChI=1S/C13H12O6/c14-11(15)5-8-10(6-12(16)17)19-9-4-2-1-3-7(9)13(8)18/h1-4,8,10H,5-6H2,(H,14,15)(H,16,17)/t8-,10-/m1/s1. The van der Waals surface area contributed by atoms with E-state index in [1.165, 1.54) is 0 Å². The van der Waals surface area contributed by atoms with E-state index >= 15 is 0 Å². The number of ketones is 1. The first-order valence-electron chi connectivity index (χ1n) is 5.72. The Morgan fingerprint density at radius 3 is 2.37 bits per heavy atom. The number of benzene rings is 1. The van der Waals surface area contributed by atoms with Crippen LogP contribution < -0.4 is 4.74 Å². The zero-order valence-corrected chi connectivity index (χ0v) is 9.91. The number of para-hydroxylation sites is 1. The van der Waals surface area contributed by atoms with Crippen LogP contribution in [0.3, 0.4) is 0 Å². The zero-order chi connectivity index (χ0) is 14.0. The third-order valence-corrected chi connectivity index (χ3v) is 2.99. The predicted octanol–water partition coefficient (Wildman–Crippen LogP) is 1.20. The van der Waals surface area contributed by atoms with Gasteiger partial charge in [0.05, 0.1) is 24.3 Å². The average molecular weight is 264 g/mol. The summed E-state index contributed by atoms with van der Waals surface area (Å²) in [6.07, 6.45) is -1.79. The van der Waals surface area contributed by atoms with E-state index in [0.717, 1.165) is 0 Å². The van der Waals surface area contributed by atoms with Crippen molar-refractivity contribution in [2.45, 2.75) is 18.9 Å². The molecule has 0 amide bonds. The Balaban J connectivity index is 2.35. The molecule has 0 saturated heterocycles. The van der Waals surface area contributed by atoms with Crippen molar-refractivity contribution in [3.63, 3.8) is 0 Å². The van der Waals surface area contributed by atoms with Gasteiger partial charge in [0.2, 0.25) is 0 Å². The molecular formula is C13H12O6. The maximum absolute atomic E-state index is 12.2. The Morgan fingerprint density at radius 1 is 1.11 bits per heavy atom. The van der Waals surface area contributed by atoms with Gasteiger partial charge in [0.15, 0.2) is 5.78 Å². The zero-order valence-electron chi connectivity index (χ0n) is 9.91. The molecule has 2 N–H and O–H groups in total. The van der Waals surface area contributed by atoms with E-state index in [1.807, 2.05) is 0 Å². The quantitative estimate of drug-likeness (QED) is 0.847. The number of hydrogen-bond donors (Lipinski definition) is 2. The van der Waals surface area contributed by atoms with Crippen LogP contribution in [0.25, 0.3) is 0 Å². The SMILES string of the molecule is O=C(O)C[C@H]1Oc2ccccc2C(=O)[C@@H]1CC(=O)O. The summed E-state index contributed by atoms with van der Waals surface area (Å²) in [5.41, 5.74) is 0.301. The van der Waals surface area contributed by atoms with Crippen molar-refractivity contribution in [3.05, 3.63) is 29.8 Å². The van der Waals surface area contributed by atoms with Crippen LogP contribution in [0.1, 0.15) is 23.2 Å². The van der Waals surface area contributed by atoms with Gasteiger partial charge in [-0.15, -0.1) is 0 Å². The molecule has 0 bridgehead atoms. The number of carbonyl (C=O) groups is 3. The van der Waals surface area contributed by atoms with Crippen LogP contribution in [-0.4, -0.2) is 34.0 Å². The van der Waals surface area contributed by atoms with Crippen LogP contribution in [0.2, 0.25) is 0 Å². The number of carbonyl (C=O) groups excluding carboxylic acids is 1. The number of Topliss-reactive ketones (excluding diaryl/α,β-unsaturated/α-hetero) is 1. The minimum absolute atomic E-state index is 0.301. The first kappa shape index (κ1) is 13.1. The first-order valence-corrected chi connectivity index (χ1v) is 5.72. The van der Waals surface area contributed by atoms with E-state index in [1.54, 1.807) is 24.3 Å². The maximum Gasteiger partial charge on any atom is 0.307 e. The van der Waals surface area contributed by atoms with Crippen molar-refractivity contribution >= 4 is 17.7 Å². The molecule has 2 rings (SSSR count). The molecule has 19 heavy (non-hydrogen) atoms. The molecule has 1 aliphatic heterocycles. The third kappa shape index (κ3) is 2.73. The second kappa shape index (κ2) is 5.09. The minimum Gasteiger partial charge on any atom is -0.488 e. The molecule has 2 atom stereocenters. The Bertz CT molecular complexity index is 536. The number of hydrogen-bond acceptors (Lipinski definition) is 4. The molecule has 6 nitrogen and oxygen atoms in total. The van der Waals surface area contributed by atoms with Gasteiger partial charge in [-0.1, -0.05) is 12.1 Å². The lowest BCUT2D eigenvalue weighted by Gasteiger charge is -2.30. The molecule has 1 aliphatic rings. The number of fused-ring (bicyclic) bond motifs is 1. The van der Waals surface area contributed by atoms with Gasteiger partial charge >= 0.3 is 11.9 Å². The van der Waals surface area contributed by atoms with Gasteiger partial charge in [0.1, 0.15) is 11.9 Å². The van der Waals surface area contributed by atoms with Crippen LogP contribution >= 0.6 is 0 Å². The van der Waals surface area contributed by atoms with Crippen LogP contribution in [0.4, 0.5) is 0 Å². The number of ether oxygens (including phenoxy) is 1. The molecule has 0 fully saturated rings. The number of rotatable bonds is 4. The summed E-state index contributed by atoms with van der Waals surface area (Å²) in [5, 5.41) is 17.6. The summed E-state index contributed by atoms with van der Waals surface area (Å²) < 4.78 is 5.46. The van der Waals surface area contributed by atoms with Gasteiger partial charge < -0.3 is 14.9 Å². The third-order valence-electron chi connectivity index (χ3n) is 2.99. The predicted molar refractivity (Wildman–Crippen MR) is 63.2 cm³/mol. The Kier molecular flexibility index (Phi) is 3.50. The maximum atomic E-state index is 12.2. The highest BCUT2D eigenvalue weighted by molar-refractivity contribution is 6.03. The minimum atomic E-state index is -1.16. The van der Waals surface area contributed by atoms with E-state index in [9.17, 15) is 14.4 Å². The largest absolute Gasteiger partial charge is 0.488 e. The highest BCUT2D eigenvalue weighted by Crippen LogP contribution is 2.33. The fourth-order valence-corrected chi connectivity index (χ4v) is 2.16. The molecule has 100 valence electrons. The summed E-state index contributed by atoms with van der Waals surface area (Å²) in [6.45, 7) is 0. The first-order chi connectivity index (χ1) is 8.99. The van der Waals surface area contributed by atoms with Gasteiger partial charge in [-0.25, -0.2) is 0 Å². The van der Waals surface area contributed by atoms with Gasteiger partial charge in [-0.3, -0.25) is 14.4 Å². The van der Waals surface area contributed by atoms with Crippen LogP contribution in [0, 0.1) is 5.92 Å². The summed E-state index contributed by atoms with van der Waals surface area (Å²) in [4.78, 5) is 33.8. The number of carboxylic acids is 2. The highest BCUT2D eigenvalue weighted by Gasteiger charge is 2.39. The van der Waals surface area contributed by atoms with Gasteiger partial charge in [0.25, 0.3) is 0 Å². The average Bonchev–Trinajstić information content (AvgIpc) is 2.33. The second-order valence-electron chi connectivity index (χ2n) is 4.32. The monoisotopic (exact) mass is 264 g/mol. The molecule has 1 aromatic rings. The smallest absolute Gasteiger partial charge is 0.307 e. The lowest BCUT2D eigenvalue weighted by atomic mass is 9.85. The lowest BCUT2D eigenvalue weighted by molar-refractivity contribution is -0.142. The molecule has 0 unspecified atom stereocenters. The molecule has 0 radical (unpaired) electrons. The van der Waals surface area contributed by atoms with Gasteiger partial charge in [-0.2, -0.15) is 0 Å².